The Morgan fingerprint density at radius 2 is 1.87 bits per heavy atom. The highest BCUT2D eigenvalue weighted by atomic mass is 127. The number of nitrogens with zero attached hydrogens (tertiary/aromatic N) is 1. The quantitative estimate of drug-likeness (QED) is 0.216. The summed E-state index contributed by atoms with van der Waals surface area (Å²) in [6.07, 6.45) is 4.92. The molecule has 1 rings (SSSR count). The molecule has 0 fully saturated rings. The maximum absolute atomic E-state index is 5.86. The van der Waals surface area contributed by atoms with Gasteiger partial charge in [0.1, 0.15) is 0 Å². The number of halogens is 1. The topological polar surface area (TPSA) is 71.7 Å². The van der Waals surface area contributed by atoms with Gasteiger partial charge in [-0.15, -0.1) is 24.0 Å². The van der Waals surface area contributed by atoms with Crippen molar-refractivity contribution in [2.75, 3.05) is 32.1 Å². The van der Waals surface area contributed by atoms with Gasteiger partial charge in [0.15, 0.2) is 5.96 Å². The smallest absolute Gasteiger partial charge is 0.188 e. The van der Waals surface area contributed by atoms with E-state index in [1.54, 1.807) is 7.11 Å². The van der Waals surface area contributed by atoms with E-state index >= 15 is 0 Å². The number of aliphatic imine (C=N–C) groups is 1. The average Bonchev–Trinajstić information content (AvgIpc) is 2.54. The molecule has 0 aromatic heterocycles. The van der Waals surface area contributed by atoms with Crippen molar-refractivity contribution < 1.29 is 4.74 Å². The second-order valence-electron chi connectivity index (χ2n) is 5.31. The van der Waals surface area contributed by atoms with E-state index in [4.69, 9.17) is 10.5 Å². The van der Waals surface area contributed by atoms with E-state index in [0.29, 0.717) is 19.1 Å². The van der Waals surface area contributed by atoms with Gasteiger partial charge in [0.25, 0.3) is 0 Å². The van der Waals surface area contributed by atoms with Crippen LogP contribution in [0.5, 0.6) is 0 Å². The van der Waals surface area contributed by atoms with Crippen molar-refractivity contribution >= 4 is 35.6 Å². The third kappa shape index (κ3) is 11.2. The van der Waals surface area contributed by atoms with Crippen LogP contribution in [-0.2, 0) is 11.3 Å². The molecule has 0 saturated carbocycles. The zero-order valence-corrected chi connectivity index (χ0v) is 16.6. The van der Waals surface area contributed by atoms with Gasteiger partial charge >= 0.3 is 0 Å². The van der Waals surface area contributed by atoms with E-state index in [1.807, 2.05) is 0 Å². The zero-order valence-electron chi connectivity index (χ0n) is 14.3. The summed E-state index contributed by atoms with van der Waals surface area (Å²) < 4.78 is 5.00. The molecule has 0 aliphatic rings. The largest absolute Gasteiger partial charge is 0.383 e. The Hall–Kier alpha value is -1.02. The number of nitrogens with two attached hydrogens (primary N) is 1. The number of anilines is 1. The maximum atomic E-state index is 5.86. The number of guanidine groups is 1. The molecular formula is C17H31IN4O. The molecular weight excluding hydrogens is 403 g/mol. The number of unbranched alkanes of at least 4 members (excludes halogenated alkanes) is 3. The first-order valence-electron chi connectivity index (χ1n) is 8.11. The number of rotatable bonds is 11. The van der Waals surface area contributed by atoms with Gasteiger partial charge < -0.3 is 21.1 Å². The summed E-state index contributed by atoms with van der Waals surface area (Å²) in [6, 6.07) is 8.23. The van der Waals surface area contributed by atoms with Gasteiger partial charge in [-0.3, -0.25) is 0 Å². The Kier molecular flexibility index (Phi) is 13.9. The van der Waals surface area contributed by atoms with Crippen molar-refractivity contribution in [1.82, 2.24) is 5.32 Å². The maximum Gasteiger partial charge on any atom is 0.188 e. The molecule has 0 bridgehead atoms. The predicted octanol–water partition coefficient (Wildman–Crippen LogP) is 3.35. The van der Waals surface area contributed by atoms with Crippen LogP contribution in [0.4, 0.5) is 5.69 Å². The number of methoxy groups -OCH3 is 1. The molecule has 0 saturated heterocycles. The fraction of sp³-hybridized carbons (Fsp3) is 0.588. The minimum Gasteiger partial charge on any atom is -0.383 e. The fourth-order valence-electron chi connectivity index (χ4n) is 2.03. The number of ether oxygens (including phenoxy) is 1. The summed E-state index contributed by atoms with van der Waals surface area (Å²) >= 11 is 0. The van der Waals surface area contributed by atoms with Crippen LogP contribution >= 0.6 is 24.0 Å². The van der Waals surface area contributed by atoms with Crippen molar-refractivity contribution in [2.24, 2.45) is 10.7 Å². The van der Waals surface area contributed by atoms with Gasteiger partial charge in [-0.25, -0.2) is 4.99 Å². The van der Waals surface area contributed by atoms with E-state index in [1.165, 1.54) is 19.3 Å². The number of benzene rings is 1. The molecule has 1 aromatic rings. The van der Waals surface area contributed by atoms with E-state index in [2.05, 4.69) is 46.8 Å². The van der Waals surface area contributed by atoms with Crippen molar-refractivity contribution in [3.05, 3.63) is 29.8 Å². The third-order valence-corrected chi connectivity index (χ3v) is 3.36. The molecule has 0 unspecified atom stereocenters. The van der Waals surface area contributed by atoms with Crippen LogP contribution in [0.1, 0.15) is 38.2 Å². The zero-order chi connectivity index (χ0) is 16.0. The Morgan fingerprint density at radius 3 is 2.52 bits per heavy atom. The molecule has 6 heteroatoms. The van der Waals surface area contributed by atoms with Gasteiger partial charge in [-0.1, -0.05) is 38.3 Å². The van der Waals surface area contributed by atoms with Gasteiger partial charge in [-0.2, -0.15) is 0 Å². The highest BCUT2D eigenvalue weighted by molar-refractivity contribution is 14.0. The number of nitrogens with one attached hydrogen (secondary N) is 2. The van der Waals surface area contributed by atoms with Crippen LogP contribution in [-0.4, -0.2) is 32.8 Å². The third-order valence-electron chi connectivity index (χ3n) is 3.36. The molecule has 0 atom stereocenters. The number of hydrogen-bond donors (Lipinski definition) is 3. The highest BCUT2D eigenvalue weighted by Gasteiger charge is 1.96. The minimum absolute atomic E-state index is 0. The summed E-state index contributed by atoms with van der Waals surface area (Å²) in [5, 5.41) is 6.44. The lowest BCUT2D eigenvalue weighted by Crippen LogP contribution is -2.32. The van der Waals surface area contributed by atoms with E-state index < -0.39 is 0 Å². The van der Waals surface area contributed by atoms with Crippen molar-refractivity contribution in [3.8, 4) is 0 Å². The molecule has 23 heavy (non-hydrogen) atoms. The van der Waals surface area contributed by atoms with Gasteiger partial charge in [0.05, 0.1) is 13.2 Å². The summed E-state index contributed by atoms with van der Waals surface area (Å²) in [4.78, 5) is 4.36. The molecule has 132 valence electrons. The standard InChI is InChI=1S/C17H30N4O.HI/c1-3-4-5-6-11-20-17(18)21-14-15-7-9-16(10-8-15)19-12-13-22-2;/h7-10,19H,3-6,11-14H2,1-2H3,(H3,18,20,21);1H. The molecule has 0 aliphatic heterocycles. The molecule has 0 radical (unpaired) electrons. The van der Waals surface area contributed by atoms with Crippen molar-refractivity contribution in [2.45, 2.75) is 39.2 Å². The van der Waals surface area contributed by atoms with Crippen LogP contribution in [0.25, 0.3) is 0 Å². The van der Waals surface area contributed by atoms with Crippen LogP contribution in [0.3, 0.4) is 0 Å². The Balaban J connectivity index is 0.00000484. The minimum atomic E-state index is 0. The SMILES string of the molecule is CCCCCCNC(N)=NCc1ccc(NCCOC)cc1.I. The number of hydrogen-bond acceptors (Lipinski definition) is 3. The van der Waals surface area contributed by atoms with E-state index in [9.17, 15) is 0 Å². The predicted molar refractivity (Wildman–Crippen MR) is 110 cm³/mol. The van der Waals surface area contributed by atoms with E-state index in [0.717, 1.165) is 30.8 Å². The first kappa shape index (κ1) is 22.0. The van der Waals surface area contributed by atoms with Gasteiger partial charge in [0.2, 0.25) is 0 Å². The summed E-state index contributed by atoms with van der Waals surface area (Å²) in [5.74, 6) is 0.527. The Bertz CT molecular complexity index is 423. The second kappa shape index (κ2) is 14.6. The van der Waals surface area contributed by atoms with Crippen LogP contribution < -0.4 is 16.4 Å². The van der Waals surface area contributed by atoms with Crippen LogP contribution in [0, 0.1) is 0 Å². The molecule has 4 N–H and O–H groups in total. The van der Waals surface area contributed by atoms with Gasteiger partial charge in [0, 0.05) is 25.9 Å². The first-order valence-corrected chi connectivity index (χ1v) is 8.11. The van der Waals surface area contributed by atoms with E-state index in [-0.39, 0.29) is 24.0 Å². The first-order chi connectivity index (χ1) is 10.8. The highest BCUT2D eigenvalue weighted by Crippen LogP contribution is 2.10. The summed E-state index contributed by atoms with van der Waals surface area (Å²) in [7, 11) is 1.70. The van der Waals surface area contributed by atoms with Crippen LogP contribution in [0.15, 0.2) is 29.3 Å². The van der Waals surface area contributed by atoms with Crippen molar-refractivity contribution in [1.29, 1.82) is 0 Å². The molecule has 5 nitrogen and oxygen atoms in total. The average molecular weight is 434 g/mol. The lowest BCUT2D eigenvalue weighted by molar-refractivity contribution is 0.211. The van der Waals surface area contributed by atoms with Crippen molar-refractivity contribution in [3.63, 3.8) is 0 Å². The molecule has 1 aromatic carbocycles. The molecule has 0 amide bonds. The Labute approximate surface area is 157 Å². The Morgan fingerprint density at radius 1 is 1.13 bits per heavy atom. The fourth-order valence-corrected chi connectivity index (χ4v) is 2.03. The van der Waals surface area contributed by atoms with Gasteiger partial charge in [-0.05, 0) is 24.1 Å². The normalized spacial score (nSPS) is 11.0. The molecule has 0 aliphatic carbocycles. The summed E-state index contributed by atoms with van der Waals surface area (Å²) in [5.41, 5.74) is 8.10. The lowest BCUT2D eigenvalue weighted by Gasteiger charge is -2.07. The monoisotopic (exact) mass is 434 g/mol. The lowest BCUT2D eigenvalue weighted by atomic mass is 10.2. The summed E-state index contributed by atoms with van der Waals surface area (Å²) in [6.45, 7) is 5.22. The second-order valence-corrected chi connectivity index (χ2v) is 5.31. The van der Waals surface area contributed by atoms with Crippen LogP contribution in [0.2, 0.25) is 0 Å². The molecule has 0 heterocycles. The molecule has 0 spiro atoms.